The summed E-state index contributed by atoms with van der Waals surface area (Å²) in [5.41, 5.74) is 0. The summed E-state index contributed by atoms with van der Waals surface area (Å²) in [4.78, 5) is 11.4. The van der Waals surface area contributed by atoms with E-state index in [2.05, 4.69) is 19.6 Å². The number of unbranched alkanes of at least 4 members (excludes halogenated alkanes) is 1. The Morgan fingerprint density at radius 2 is 2.00 bits per heavy atom. The van der Waals surface area contributed by atoms with Gasteiger partial charge in [0.25, 0.3) is 0 Å². The van der Waals surface area contributed by atoms with E-state index in [0.29, 0.717) is 5.92 Å². The topological polar surface area (TPSA) is 17.1 Å². The predicted octanol–water partition coefficient (Wildman–Crippen LogP) is 3.83. The smallest absolute Gasteiger partial charge is 0.189 e. The minimum absolute atomic E-state index is 0.130. The highest BCUT2D eigenvalue weighted by Crippen LogP contribution is 2.33. The Bertz CT molecular complexity index is 173. The van der Waals surface area contributed by atoms with Crippen molar-refractivity contribution in [2.45, 2.75) is 58.3 Å². The van der Waals surface area contributed by atoms with Crippen LogP contribution in [0.25, 0.3) is 0 Å². The lowest BCUT2D eigenvalue weighted by atomic mass is 9.78. The summed E-state index contributed by atoms with van der Waals surface area (Å²) in [6.45, 7) is 2.18. The van der Waals surface area contributed by atoms with Gasteiger partial charge in [0, 0.05) is 5.92 Å². The van der Waals surface area contributed by atoms with Gasteiger partial charge in [-0.1, -0.05) is 39.0 Å². The molecule has 0 aromatic carbocycles. The van der Waals surface area contributed by atoms with Gasteiger partial charge in [-0.15, -0.1) is 12.6 Å². The fraction of sp³-hybridized carbons (Fsp3) is 0.917. The molecule has 1 aliphatic carbocycles. The van der Waals surface area contributed by atoms with E-state index >= 15 is 0 Å². The first kappa shape index (κ1) is 12.1. The highest BCUT2D eigenvalue weighted by Gasteiger charge is 2.26. The van der Waals surface area contributed by atoms with E-state index in [-0.39, 0.29) is 11.0 Å². The fourth-order valence-corrected chi connectivity index (χ4v) is 2.86. The van der Waals surface area contributed by atoms with Crippen molar-refractivity contribution in [2.75, 3.05) is 0 Å². The molecule has 0 bridgehead atoms. The van der Waals surface area contributed by atoms with Crippen LogP contribution in [0.15, 0.2) is 0 Å². The van der Waals surface area contributed by atoms with Crippen LogP contribution in [0.3, 0.4) is 0 Å². The number of carbonyl (C=O) groups is 1. The molecule has 0 heterocycles. The highest BCUT2D eigenvalue weighted by atomic mass is 32.1. The third kappa shape index (κ3) is 3.64. The first-order valence-corrected chi connectivity index (χ1v) is 6.43. The molecule has 0 saturated heterocycles. The molecule has 1 nitrogen and oxygen atoms in total. The second-order valence-electron chi connectivity index (χ2n) is 4.49. The highest BCUT2D eigenvalue weighted by molar-refractivity contribution is 7.96. The van der Waals surface area contributed by atoms with Crippen LogP contribution < -0.4 is 0 Å². The summed E-state index contributed by atoms with van der Waals surface area (Å²) in [7, 11) is 0. The van der Waals surface area contributed by atoms with E-state index in [4.69, 9.17) is 0 Å². The zero-order chi connectivity index (χ0) is 10.4. The standard InChI is InChI=1S/C12H22OS/c1-2-3-9-11(12(13)14)10-7-5-4-6-8-10/h10-11H,2-9H2,1H3,(H,13,14). The molecule has 14 heavy (non-hydrogen) atoms. The van der Waals surface area contributed by atoms with Crippen LogP contribution in [0.1, 0.15) is 58.3 Å². The number of rotatable bonds is 5. The first-order valence-electron chi connectivity index (χ1n) is 5.98. The molecule has 0 spiro atoms. The van der Waals surface area contributed by atoms with Crippen molar-refractivity contribution in [1.82, 2.24) is 0 Å². The molecule has 0 radical (unpaired) electrons. The molecule has 1 saturated carbocycles. The summed E-state index contributed by atoms with van der Waals surface area (Å²) in [6, 6.07) is 0. The molecule has 2 heteroatoms. The van der Waals surface area contributed by atoms with Crippen LogP contribution in [0.4, 0.5) is 0 Å². The van der Waals surface area contributed by atoms with E-state index < -0.39 is 0 Å². The average Bonchev–Trinajstić information content (AvgIpc) is 2.19. The van der Waals surface area contributed by atoms with E-state index in [9.17, 15) is 4.79 Å². The summed E-state index contributed by atoms with van der Waals surface area (Å²) in [5.74, 6) is 0.888. The van der Waals surface area contributed by atoms with Crippen LogP contribution in [0.5, 0.6) is 0 Å². The lowest BCUT2D eigenvalue weighted by Gasteiger charge is -2.28. The second kappa shape index (κ2) is 6.49. The molecule has 1 rings (SSSR count). The third-order valence-corrected chi connectivity index (χ3v) is 3.74. The van der Waals surface area contributed by atoms with Crippen LogP contribution in [0, 0.1) is 11.8 Å². The van der Waals surface area contributed by atoms with Gasteiger partial charge in [0.05, 0.1) is 0 Å². The van der Waals surface area contributed by atoms with Gasteiger partial charge in [0.15, 0.2) is 5.12 Å². The Labute approximate surface area is 93.1 Å². The van der Waals surface area contributed by atoms with Gasteiger partial charge in [-0.3, -0.25) is 4.79 Å². The summed E-state index contributed by atoms with van der Waals surface area (Å²) in [6.07, 6.45) is 9.91. The lowest BCUT2D eigenvalue weighted by molar-refractivity contribution is -0.116. The van der Waals surface area contributed by atoms with Crippen molar-refractivity contribution in [3.05, 3.63) is 0 Å². The molecule has 1 aliphatic rings. The van der Waals surface area contributed by atoms with Crippen molar-refractivity contribution < 1.29 is 4.79 Å². The molecular weight excluding hydrogens is 192 g/mol. The molecule has 0 amide bonds. The fourth-order valence-electron chi connectivity index (χ4n) is 2.52. The Kier molecular flexibility index (Phi) is 5.61. The third-order valence-electron chi connectivity index (χ3n) is 3.40. The van der Waals surface area contributed by atoms with E-state index in [1.807, 2.05) is 0 Å². The van der Waals surface area contributed by atoms with Gasteiger partial charge in [-0.25, -0.2) is 0 Å². The van der Waals surface area contributed by atoms with Crippen molar-refractivity contribution in [2.24, 2.45) is 11.8 Å². The Balaban J connectivity index is 2.43. The van der Waals surface area contributed by atoms with Crippen LogP contribution >= 0.6 is 12.6 Å². The second-order valence-corrected chi connectivity index (χ2v) is 4.93. The largest absolute Gasteiger partial charge is 0.287 e. The SMILES string of the molecule is CCCCC(C(=O)S)C1CCCCC1. The zero-order valence-electron chi connectivity index (χ0n) is 9.17. The summed E-state index contributed by atoms with van der Waals surface area (Å²) in [5, 5.41) is 0.130. The van der Waals surface area contributed by atoms with Crippen LogP contribution in [-0.2, 0) is 4.79 Å². The quantitative estimate of drug-likeness (QED) is 0.688. The molecule has 1 unspecified atom stereocenters. The summed E-state index contributed by atoms with van der Waals surface area (Å²) >= 11 is 4.04. The van der Waals surface area contributed by atoms with Crippen molar-refractivity contribution in [3.8, 4) is 0 Å². The average molecular weight is 214 g/mol. The molecule has 0 N–H and O–H groups in total. The normalized spacial score (nSPS) is 20.7. The zero-order valence-corrected chi connectivity index (χ0v) is 10.1. The first-order chi connectivity index (χ1) is 6.75. The Morgan fingerprint density at radius 1 is 1.36 bits per heavy atom. The predicted molar refractivity (Wildman–Crippen MR) is 63.6 cm³/mol. The molecule has 82 valence electrons. The molecular formula is C12H22OS. The van der Waals surface area contributed by atoms with Crippen molar-refractivity contribution in [3.63, 3.8) is 0 Å². The monoisotopic (exact) mass is 214 g/mol. The molecule has 1 atom stereocenters. The molecule has 1 fully saturated rings. The number of hydrogen-bond acceptors (Lipinski definition) is 1. The van der Waals surface area contributed by atoms with Crippen molar-refractivity contribution in [1.29, 1.82) is 0 Å². The summed E-state index contributed by atoms with van der Waals surface area (Å²) < 4.78 is 0. The minimum Gasteiger partial charge on any atom is -0.287 e. The number of thiol groups is 1. The number of hydrogen-bond donors (Lipinski definition) is 1. The maximum Gasteiger partial charge on any atom is 0.189 e. The van der Waals surface area contributed by atoms with Gasteiger partial charge in [0.1, 0.15) is 0 Å². The van der Waals surface area contributed by atoms with Gasteiger partial charge < -0.3 is 0 Å². The van der Waals surface area contributed by atoms with E-state index in [0.717, 1.165) is 6.42 Å². The Hall–Kier alpha value is 0.0200. The maximum absolute atomic E-state index is 11.4. The Morgan fingerprint density at radius 3 is 2.50 bits per heavy atom. The number of carbonyl (C=O) groups excluding carboxylic acids is 1. The molecule has 0 aliphatic heterocycles. The van der Waals surface area contributed by atoms with Crippen LogP contribution in [0.2, 0.25) is 0 Å². The molecule has 0 aromatic heterocycles. The van der Waals surface area contributed by atoms with E-state index in [1.165, 1.54) is 44.9 Å². The van der Waals surface area contributed by atoms with Gasteiger partial charge in [0.2, 0.25) is 0 Å². The maximum atomic E-state index is 11.4. The van der Waals surface area contributed by atoms with Gasteiger partial charge >= 0.3 is 0 Å². The van der Waals surface area contributed by atoms with Gasteiger partial charge in [-0.2, -0.15) is 0 Å². The van der Waals surface area contributed by atoms with Gasteiger partial charge in [-0.05, 0) is 25.2 Å². The van der Waals surface area contributed by atoms with Crippen molar-refractivity contribution >= 4 is 17.7 Å². The minimum atomic E-state index is 0.130. The van der Waals surface area contributed by atoms with Crippen LogP contribution in [-0.4, -0.2) is 5.12 Å². The lowest BCUT2D eigenvalue weighted by Crippen LogP contribution is -2.22. The molecule has 0 aromatic rings. The van der Waals surface area contributed by atoms with E-state index in [1.54, 1.807) is 0 Å².